The zero-order valence-electron chi connectivity index (χ0n) is 18.0. The van der Waals surface area contributed by atoms with E-state index in [1.807, 2.05) is 13.8 Å². The van der Waals surface area contributed by atoms with Crippen LogP contribution in [0.4, 0.5) is 0 Å². The molecule has 4 rings (SSSR count). The molecular weight excluding hydrogens is 398 g/mol. The second kappa shape index (κ2) is 8.59. The molecule has 2 atom stereocenters. The lowest BCUT2D eigenvalue weighted by Crippen LogP contribution is -2.36. The Kier molecular flexibility index (Phi) is 5.87. The molecule has 31 heavy (non-hydrogen) atoms. The van der Waals surface area contributed by atoms with Crippen LogP contribution >= 0.6 is 0 Å². The Labute approximate surface area is 181 Å². The van der Waals surface area contributed by atoms with Crippen molar-refractivity contribution in [1.82, 2.24) is 4.90 Å². The highest BCUT2D eigenvalue weighted by Crippen LogP contribution is 2.41. The van der Waals surface area contributed by atoms with Gasteiger partial charge >= 0.3 is 0 Å². The maximum Gasteiger partial charge on any atom is 0.295 e. The largest absolute Gasteiger partial charge is 0.507 e. The van der Waals surface area contributed by atoms with Crippen LogP contribution in [0.15, 0.2) is 46.4 Å². The summed E-state index contributed by atoms with van der Waals surface area (Å²) in [7, 11) is 0. The number of aliphatic hydroxyl groups excluding tert-OH is 1. The number of benzene rings is 1. The third kappa shape index (κ3) is 4.23. The molecule has 3 heterocycles. The Morgan fingerprint density at radius 3 is 2.71 bits per heavy atom. The summed E-state index contributed by atoms with van der Waals surface area (Å²) in [6.45, 7) is 6.51. The molecule has 2 saturated heterocycles. The van der Waals surface area contributed by atoms with Gasteiger partial charge in [-0.2, -0.15) is 0 Å². The Hall–Kier alpha value is -3.06. The van der Waals surface area contributed by atoms with Crippen molar-refractivity contribution in [3.63, 3.8) is 0 Å². The molecule has 2 fully saturated rings. The number of likely N-dealkylation sites (tertiary alicyclic amines) is 1. The van der Waals surface area contributed by atoms with Crippen molar-refractivity contribution < 1.29 is 28.6 Å². The molecule has 1 amide bonds. The predicted octanol–water partition coefficient (Wildman–Crippen LogP) is 3.98. The molecule has 0 aliphatic carbocycles. The SMILES string of the molecule is Cc1ccc(C2/C(=C(/O)c3cccc(OC(C)C)c3)C(=O)C(=O)N2CC2CCCO2)o1. The number of Topliss-reactive ketones (excluding diaryl/α,β-unsaturated/α-hetero) is 1. The van der Waals surface area contributed by atoms with Crippen molar-refractivity contribution in [1.29, 1.82) is 0 Å². The second-order valence-electron chi connectivity index (χ2n) is 8.23. The van der Waals surface area contributed by atoms with Crippen molar-refractivity contribution in [2.75, 3.05) is 13.2 Å². The number of rotatable bonds is 6. The number of ether oxygens (including phenoxy) is 2. The first-order valence-electron chi connectivity index (χ1n) is 10.6. The summed E-state index contributed by atoms with van der Waals surface area (Å²) in [6, 6.07) is 9.56. The fourth-order valence-corrected chi connectivity index (χ4v) is 4.12. The lowest BCUT2D eigenvalue weighted by Gasteiger charge is -2.25. The van der Waals surface area contributed by atoms with E-state index in [1.54, 1.807) is 43.3 Å². The van der Waals surface area contributed by atoms with E-state index in [4.69, 9.17) is 13.9 Å². The lowest BCUT2D eigenvalue weighted by atomic mass is 9.99. The highest BCUT2D eigenvalue weighted by atomic mass is 16.5. The van der Waals surface area contributed by atoms with E-state index in [0.29, 0.717) is 29.4 Å². The van der Waals surface area contributed by atoms with Gasteiger partial charge < -0.3 is 23.9 Å². The zero-order chi connectivity index (χ0) is 22.1. The molecule has 1 aromatic carbocycles. The molecule has 7 nitrogen and oxygen atoms in total. The minimum Gasteiger partial charge on any atom is -0.507 e. The summed E-state index contributed by atoms with van der Waals surface area (Å²) in [5.74, 6) is 0.0192. The van der Waals surface area contributed by atoms with Crippen LogP contribution in [0, 0.1) is 6.92 Å². The molecular formula is C24H27NO6. The number of hydrogen-bond donors (Lipinski definition) is 1. The van der Waals surface area contributed by atoms with Crippen LogP contribution in [-0.4, -0.2) is 47.1 Å². The number of carbonyl (C=O) groups is 2. The van der Waals surface area contributed by atoms with Crippen LogP contribution in [0.3, 0.4) is 0 Å². The number of aliphatic hydroxyl groups is 1. The van der Waals surface area contributed by atoms with Crippen molar-refractivity contribution in [3.8, 4) is 5.75 Å². The summed E-state index contributed by atoms with van der Waals surface area (Å²) in [6.07, 6.45) is 1.56. The standard InChI is InChI=1S/C24H27NO6/c1-14(2)30-17-7-4-6-16(12-17)22(26)20-21(19-10-9-15(3)31-19)25(24(28)23(20)27)13-18-8-5-11-29-18/h4,6-7,9-10,12,14,18,21,26H,5,8,11,13H2,1-3H3/b22-20-. The van der Waals surface area contributed by atoms with Gasteiger partial charge in [0.15, 0.2) is 0 Å². The molecule has 0 spiro atoms. The van der Waals surface area contributed by atoms with E-state index in [0.717, 1.165) is 12.8 Å². The molecule has 2 aromatic rings. The Morgan fingerprint density at radius 1 is 1.26 bits per heavy atom. The first kappa shape index (κ1) is 21.2. The van der Waals surface area contributed by atoms with E-state index in [1.165, 1.54) is 4.90 Å². The maximum absolute atomic E-state index is 13.0. The van der Waals surface area contributed by atoms with Crippen LogP contribution in [-0.2, 0) is 14.3 Å². The van der Waals surface area contributed by atoms with Gasteiger partial charge in [-0.1, -0.05) is 12.1 Å². The summed E-state index contributed by atoms with van der Waals surface area (Å²) in [5.41, 5.74) is 0.417. The monoisotopic (exact) mass is 425 g/mol. The molecule has 1 aromatic heterocycles. The van der Waals surface area contributed by atoms with Crippen LogP contribution in [0.1, 0.15) is 49.8 Å². The molecule has 0 radical (unpaired) electrons. The molecule has 1 N–H and O–H groups in total. The first-order chi connectivity index (χ1) is 14.8. The predicted molar refractivity (Wildman–Crippen MR) is 114 cm³/mol. The highest BCUT2D eigenvalue weighted by Gasteiger charge is 2.48. The van der Waals surface area contributed by atoms with E-state index in [2.05, 4.69) is 0 Å². The van der Waals surface area contributed by atoms with Gasteiger partial charge in [-0.25, -0.2) is 0 Å². The lowest BCUT2D eigenvalue weighted by molar-refractivity contribution is -0.141. The summed E-state index contributed by atoms with van der Waals surface area (Å²) < 4.78 is 17.2. The number of carbonyl (C=O) groups excluding carboxylic acids is 2. The highest BCUT2D eigenvalue weighted by molar-refractivity contribution is 6.46. The topological polar surface area (TPSA) is 89.2 Å². The Balaban J connectivity index is 1.78. The van der Waals surface area contributed by atoms with Crippen LogP contribution in [0.25, 0.3) is 5.76 Å². The van der Waals surface area contributed by atoms with Gasteiger partial charge in [-0.05, 0) is 57.9 Å². The minimum absolute atomic E-state index is 0.0130. The number of nitrogens with zero attached hydrogens (tertiary/aromatic N) is 1. The Bertz CT molecular complexity index is 1010. The zero-order valence-corrected chi connectivity index (χ0v) is 18.0. The molecule has 2 aliphatic heterocycles. The van der Waals surface area contributed by atoms with Crippen molar-refractivity contribution in [2.24, 2.45) is 0 Å². The van der Waals surface area contributed by atoms with E-state index < -0.39 is 17.7 Å². The summed E-state index contributed by atoms with van der Waals surface area (Å²) >= 11 is 0. The van der Waals surface area contributed by atoms with Gasteiger partial charge in [0.05, 0.1) is 17.8 Å². The molecule has 0 saturated carbocycles. The quantitative estimate of drug-likeness (QED) is 0.428. The summed E-state index contributed by atoms with van der Waals surface area (Å²) in [4.78, 5) is 27.4. The average molecular weight is 425 g/mol. The fourth-order valence-electron chi connectivity index (χ4n) is 4.12. The molecule has 2 unspecified atom stereocenters. The van der Waals surface area contributed by atoms with Crippen molar-refractivity contribution >= 4 is 17.4 Å². The summed E-state index contributed by atoms with van der Waals surface area (Å²) in [5, 5.41) is 11.1. The van der Waals surface area contributed by atoms with Gasteiger partial charge in [-0.15, -0.1) is 0 Å². The number of hydrogen-bond acceptors (Lipinski definition) is 6. The van der Waals surface area contributed by atoms with E-state index in [-0.39, 0.29) is 30.1 Å². The molecule has 2 aliphatic rings. The normalized spacial score (nSPS) is 23.2. The van der Waals surface area contributed by atoms with Gasteiger partial charge in [0.2, 0.25) is 0 Å². The van der Waals surface area contributed by atoms with Crippen molar-refractivity contribution in [3.05, 3.63) is 59.1 Å². The van der Waals surface area contributed by atoms with Gasteiger partial charge in [0.1, 0.15) is 29.1 Å². The average Bonchev–Trinajstić information content (AvgIpc) is 3.45. The van der Waals surface area contributed by atoms with Crippen LogP contribution < -0.4 is 4.74 Å². The number of amides is 1. The third-order valence-electron chi connectivity index (χ3n) is 5.47. The molecule has 164 valence electrons. The van der Waals surface area contributed by atoms with Crippen molar-refractivity contribution in [2.45, 2.75) is 51.9 Å². The molecule has 7 heteroatoms. The number of ketones is 1. The first-order valence-corrected chi connectivity index (χ1v) is 10.6. The second-order valence-corrected chi connectivity index (χ2v) is 8.23. The Morgan fingerprint density at radius 2 is 2.06 bits per heavy atom. The number of furan rings is 1. The minimum atomic E-state index is -0.812. The van der Waals surface area contributed by atoms with Gasteiger partial charge in [0.25, 0.3) is 11.7 Å². The molecule has 0 bridgehead atoms. The van der Waals surface area contributed by atoms with E-state index in [9.17, 15) is 14.7 Å². The maximum atomic E-state index is 13.0. The smallest absolute Gasteiger partial charge is 0.295 e. The van der Waals surface area contributed by atoms with Gasteiger partial charge in [0, 0.05) is 18.7 Å². The third-order valence-corrected chi connectivity index (χ3v) is 5.47. The van der Waals surface area contributed by atoms with Crippen LogP contribution in [0.5, 0.6) is 5.75 Å². The van der Waals surface area contributed by atoms with Gasteiger partial charge in [-0.3, -0.25) is 9.59 Å². The number of aryl methyl sites for hydroxylation is 1. The fraction of sp³-hybridized carbons (Fsp3) is 0.417. The van der Waals surface area contributed by atoms with E-state index >= 15 is 0 Å². The van der Waals surface area contributed by atoms with Crippen LogP contribution in [0.2, 0.25) is 0 Å².